The van der Waals surface area contributed by atoms with E-state index in [4.69, 9.17) is 0 Å². The standard InChI is InChI=1S/C15H19FN2O3S/c1-22(20,21)18-9-7-13-14(18)6-8-17(13)15(19)10-11-2-4-12(16)5-3-11/h2-5,13-14H,6-10H2,1H3/t13-,14+/m1/s1. The van der Waals surface area contributed by atoms with Crippen molar-refractivity contribution in [2.24, 2.45) is 0 Å². The first-order valence-corrected chi connectivity index (χ1v) is 9.22. The van der Waals surface area contributed by atoms with Crippen molar-refractivity contribution in [3.8, 4) is 0 Å². The monoisotopic (exact) mass is 326 g/mol. The molecule has 2 fully saturated rings. The molecule has 2 atom stereocenters. The molecule has 5 nitrogen and oxygen atoms in total. The van der Waals surface area contributed by atoms with Gasteiger partial charge in [0.1, 0.15) is 5.82 Å². The van der Waals surface area contributed by atoms with Crippen LogP contribution in [0.15, 0.2) is 24.3 Å². The smallest absolute Gasteiger partial charge is 0.227 e. The lowest BCUT2D eigenvalue weighted by Gasteiger charge is -2.24. The number of sulfonamides is 1. The van der Waals surface area contributed by atoms with E-state index in [1.807, 2.05) is 0 Å². The van der Waals surface area contributed by atoms with E-state index in [0.717, 1.165) is 5.56 Å². The van der Waals surface area contributed by atoms with Gasteiger partial charge in [-0.15, -0.1) is 0 Å². The minimum absolute atomic E-state index is 0.0190. The van der Waals surface area contributed by atoms with E-state index in [1.54, 1.807) is 17.0 Å². The van der Waals surface area contributed by atoms with Crippen molar-refractivity contribution in [3.05, 3.63) is 35.6 Å². The first-order chi connectivity index (χ1) is 10.4. The van der Waals surface area contributed by atoms with Crippen LogP contribution in [0.25, 0.3) is 0 Å². The van der Waals surface area contributed by atoms with Crippen LogP contribution in [0.2, 0.25) is 0 Å². The Kier molecular flexibility index (Phi) is 3.94. The molecule has 120 valence electrons. The molecule has 0 unspecified atom stereocenters. The molecule has 1 amide bonds. The number of hydrogen-bond acceptors (Lipinski definition) is 3. The molecule has 0 spiro atoms. The molecule has 2 aliphatic heterocycles. The summed E-state index contributed by atoms with van der Waals surface area (Å²) in [6.45, 7) is 1.07. The van der Waals surface area contributed by atoms with Gasteiger partial charge in [0.25, 0.3) is 0 Å². The molecule has 0 saturated carbocycles. The molecule has 2 aliphatic rings. The maximum absolute atomic E-state index is 12.9. The molecule has 0 aromatic heterocycles. The Hall–Kier alpha value is -1.47. The van der Waals surface area contributed by atoms with Crippen LogP contribution < -0.4 is 0 Å². The molecule has 7 heteroatoms. The third-order valence-corrected chi connectivity index (χ3v) is 5.85. The third kappa shape index (κ3) is 2.87. The number of benzene rings is 1. The molecule has 0 bridgehead atoms. The Balaban J connectivity index is 1.69. The van der Waals surface area contributed by atoms with Gasteiger partial charge in [0.2, 0.25) is 15.9 Å². The summed E-state index contributed by atoms with van der Waals surface area (Å²) in [7, 11) is -3.22. The quantitative estimate of drug-likeness (QED) is 0.833. The van der Waals surface area contributed by atoms with Crippen molar-refractivity contribution >= 4 is 15.9 Å². The first-order valence-electron chi connectivity index (χ1n) is 7.37. The number of hydrogen-bond donors (Lipinski definition) is 0. The molecule has 2 heterocycles. The highest BCUT2D eigenvalue weighted by Crippen LogP contribution is 2.33. The number of rotatable bonds is 3. The molecule has 0 radical (unpaired) electrons. The highest BCUT2D eigenvalue weighted by Gasteiger charge is 2.47. The number of halogens is 1. The first kappa shape index (κ1) is 15.4. The number of nitrogens with zero attached hydrogens (tertiary/aromatic N) is 2. The summed E-state index contributed by atoms with van der Waals surface area (Å²) in [4.78, 5) is 14.3. The normalized spacial score (nSPS) is 25.5. The SMILES string of the molecule is CS(=O)(=O)N1CC[C@@H]2[C@@H]1CCN2C(=O)Cc1ccc(F)cc1. The highest BCUT2D eigenvalue weighted by molar-refractivity contribution is 7.88. The van der Waals surface area contributed by atoms with Gasteiger partial charge in [-0.05, 0) is 30.5 Å². The van der Waals surface area contributed by atoms with Gasteiger partial charge >= 0.3 is 0 Å². The Morgan fingerprint density at radius 3 is 2.45 bits per heavy atom. The van der Waals surface area contributed by atoms with Crippen molar-refractivity contribution in [2.45, 2.75) is 31.3 Å². The minimum Gasteiger partial charge on any atom is -0.338 e. The van der Waals surface area contributed by atoms with Crippen LogP contribution in [-0.2, 0) is 21.2 Å². The summed E-state index contributed by atoms with van der Waals surface area (Å²) in [5.41, 5.74) is 0.771. The van der Waals surface area contributed by atoms with E-state index >= 15 is 0 Å². The molecule has 22 heavy (non-hydrogen) atoms. The zero-order valence-corrected chi connectivity index (χ0v) is 13.2. The van der Waals surface area contributed by atoms with Crippen LogP contribution in [0, 0.1) is 5.82 Å². The Morgan fingerprint density at radius 1 is 1.18 bits per heavy atom. The van der Waals surface area contributed by atoms with E-state index in [2.05, 4.69) is 0 Å². The van der Waals surface area contributed by atoms with E-state index in [-0.39, 0.29) is 30.2 Å². The predicted molar refractivity (Wildman–Crippen MR) is 80.2 cm³/mol. The largest absolute Gasteiger partial charge is 0.338 e. The number of fused-ring (bicyclic) bond motifs is 1. The lowest BCUT2D eigenvalue weighted by Crippen LogP contribution is -2.41. The van der Waals surface area contributed by atoms with Gasteiger partial charge in [0, 0.05) is 25.2 Å². The maximum Gasteiger partial charge on any atom is 0.227 e. The van der Waals surface area contributed by atoms with Crippen LogP contribution in [0.3, 0.4) is 0 Å². The van der Waals surface area contributed by atoms with Crippen LogP contribution in [0.5, 0.6) is 0 Å². The van der Waals surface area contributed by atoms with Crippen LogP contribution in [0.1, 0.15) is 18.4 Å². The number of likely N-dealkylation sites (tertiary alicyclic amines) is 1. The zero-order valence-electron chi connectivity index (χ0n) is 12.4. The van der Waals surface area contributed by atoms with Crippen molar-refractivity contribution < 1.29 is 17.6 Å². The summed E-state index contributed by atoms with van der Waals surface area (Å²) in [6, 6.07) is 5.79. The molecule has 0 aliphatic carbocycles. The Bertz CT molecular complexity index is 675. The Morgan fingerprint density at radius 2 is 1.82 bits per heavy atom. The van der Waals surface area contributed by atoms with Gasteiger partial charge in [-0.2, -0.15) is 4.31 Å². The highest BCUT2D eigenvalue weighted by atomic mass is 32.2. The topological polar surface area (TPSA) is 57.7 Å². The summed E-state index contributed by atoms with van der Waals surface area (Å²) < 4.78 is 37.9. The number of amides is 1. The summed E-state index contributed by atoms with van der Waals surface area (Å²) in [6.07, 6.45) is 2.82. The lowest BCUT2D eigenvalue weighted by molar-refractivity contribution is -0.131. The van der Waals surface area contributed by atoms with E-state index in [9.17, 15) is 17.6 Å². The average molecular weight is 326 g/mol. The summed E-state index contributed by atoms with van der Waals surface area (Å²) in [5.74, 6) is -0.341. The van der Waals surface area contributed by atoms with Gasteiger partial charge in [-0.25, -0.2) is 12.8 Å². The molecule has 0 N–H and O–H groups in total. The van der Waals surface area contributed by atoms with Crippen molar-refractivity contribution in [1.82, 2.24) is 9.21 Å². The van der Waals surface area contributed by atoms with Crippen LogP contribution in [0.4, 0.5) is 4.39 Å². The second-order valence-corrected chi connectivity index (χ2v) is 7.91. The van der Waals surface area contributed by atoms with Crippen LogP contribution in [-0.4, -0.2) is 55.0 Å². The van der Waals surface area contributed by atoms with Crippen LogP contribution >= 0.6 is 0 Å². The van der Waals surface area contributed by atoms with Gasteiger partial charge < -0.3 is 4.90 Å². The summed E-state index contributed by atoms with van der Waals surface area (Å²) in [5, 5.41) is 0. The fourth-order valence-corrected chi connectivity index (χ4v) is 4.72. The predicted octanol–water partition coefficient (Wildman–Crippen LogP) is 1.00. The van der Waals surface area contributed by atoms with E-state index < -0.39 is 10.0 Å². The second-order valence-electron chi connectivity index (χ2n) is 5.98. The molecular weight excluding hydrogens is 307 g/mol. The Labute approximate surface area is 129 Å². The number of carbonyl (C=O) groups is 1. The molecule has 1 aromatic rings. The fourth-order valence-electron chi connectivity index (χ4n) is 3.55. The molecule has 1 aromatic carbocycles. The van der Waals surface area contributed by atoms with Crippen molar-refractivity contribution in [2.75, 3.05) is 19.3 Å². The molecule has 2 saturated heterocycles. The fraction of sp³-hybridized carbons (Fsp3) is 0.533. The van der Waals surface area contributed by atoms with Gasteiger partial charge in [-0.3, -0.25) is 4.79 Å². The number of carbonyl (C=O) groups excluding carboxylic acids is 1. The van der Waals surface area contributed by atoms with E-state index in [1.165, 1.54) is 22.7 Å². The van der Waals surface area contributed by atoms with Gasteiger partial charge in [0.05, 0.1) is 12.7 Å². The lowest BCUT2D eigenvalue weighted by atomic mass is 10.1. The molecular formula is C15H19FN2O3S. The average Bonchev–Trinajstić information content (AvgIpc) is 3.01. The second kappa shape index (κ2) is 5.62. The summed E-state index contributed by atoms with van der Waals surface area (Å²) >= 11 is 0. The zero-order chi connectivity index (χ0) is 15.9. The molecule has 3 rings (SSSR count). The van der Waals surface area contributed by atoms with Crippen molar-refractivity contribution in [3.63, 3.8) is 0 Å². The third-order valence-electron chi connectivity index (χ3n) is 4.54. The van der Waals surface area contributed by atoms with Gasteiger partial charge in [0.15, 0.2) is 0 Å². The van der Waals surface area contributed by atoms with Gasteiger partial charge in [-0.1, -0.05) is 12.1 Å². The maximum atomic E-state index is 12.9. The van der Waals surface area contributed by atoms with E-state index in [0.29, 0.717) is 25.9 Å². The minimum atomic E-state index is -3.22. The van der Waals surface area contributed by atoms with Crippen molar-refractivity contribution in [1.29, 1.82) is 0 Å².